The van der Waals surface area contributed by atoms with E-state index in [1.54, 1.807) is 0 Å². The van der Waals surface area contributed by atoms with Gasteiger partial charge in [-0.1, -0.05) is 18.5 Å². The van der Waals surface area contributed by atoms with Crippen molar-refractivity contribution in [2.45, 2.75) is 19.3 Å². The first kappa shape index (κ1) is 13.5. The number of anilines is 1. The lowest BCUT2D eigenvalue weighted by molar-refractivity contribution is 0.0684. The van der Waals surface area contributed by atoms with Crippen LogP contribution in [0.4, 0.5) is 10.2 Å². The molecule has 19 heavy (non-hydrogen) atoms. The van der Waals surface area contributed by atoms with Crippen molar-refractivity contribution < 1.29 is 14.3 Å². The summed E-state index contributed by atoms with van der Waals surface area (Å²) in [6.45, 7) is 1.23. The summed E-state index contributed by atoms with van der Waals surface area (Å²) in [5.74, 6) is -2.17. The molecule has 0 saturated carbocycles. The molecule has 4 N–H and O–H groups in total. The van der Waals surface area contributed by atoms with Gasteiger partial charge in [0.2, 0.25) is 5.82 Å². The molecule has 0 aliphatic rings. The molecule has 8 heteroatoms. The lowest BCUT2D eigenvalue weighted by Gasteiger charge is -2.10. The fourth-order valence-corrected chi connectivity index (χ4v) is 2.32. The van der Waals surface area contributed by atoms with Crippen LogP contribution < -0.4 is 5.73 Å². The minimum absolute atomic E-state index is 0.0209. The van der Waals surface area contributed by atoms with Gasteiger partial charge >= 0.3 is 5.97 Å². The highest BCUT2D eigenvalue weighted by Gasteiger charge is 2.23. The molecule has 102 valence electrons. The minimum Gasteiger partial charge on any atom is -0.475 e. The number of nitrogens with zero attached hydrogens (tertiary/aromatic N) is 2. The zero-order valence-electron chi connectivity index (χ0n) is 10.1. The van der Waals surface area contributed by atoms with Crippen LogP contribution >= 0.6 is 11.6 Å². The molecule has 2 aromatic rings. The summed E-state index contributed by atoms with van der Waals surface area (Å²) in [7, 11) is 0. The molecule has 0 aliphatic heterocycles. The normalized spacial score (nSPS) is 12.8. The van der Waals surface area contributed by atoms with Gasteiger partial charge in [-0.2, -0.15) is 0 Å². The predicted molar refractivity (Wildman–Crippen MR) is 69.3 cm³/mol. The Labute approximate surface area is 112 Å². The minimum atomic E-state index is -1.29. The number of halogens is 2. The van der Waals surface area contributed by atoms with Gasteiger partial charge in [-0.3, -0.25) is 4.39 Å². The number of carboxylic acid groups (broad SMARTS) is 1. The summed E-state index contributed by atoms with van der Waals surface area (Å²) in [5, 5.41) is 9.46. The standard InChI is InChI=1S/C11H12ClFN4O2/c1-2-4(3-13)5-6-8(14)16-10(11(18)19)17-9(6)15-7(5)12/h4H,2-3H2,1H3,(H,18,19)(H3,14,15,16,17). The maximum absolute atomic E-state index is 13.0. The van der Waals surface area contributed by atoms with Crippen molar-refractivity contribution in [1.82, 2.24) is 15.0 Å². The molecule has 0 fully saturated rings. The van der Waals surface area contributed by atoms with Crippen LogP contribution in [-0.2, 0) is 0 Å². The highest BCUT2D eigenvalue weighted by atomic mass is 35.5. The van der Waals surface area contributed by atoms with Crippen LogP contribution in [0.25, 0.3) is 11.0 Å². The van der Waals surface area contributed by atoms with Crippen molar-refractivity contribution in [3.63, 3.8) is 0 Å². The number of nitrogens with two attached hydrogens (primary N) is 1. The summed E-state index contributed by atoms with van der Waals surface area (Å²) < 4.78 is 13.0. The average Bonchev–Trinajstić information content (AvgIpc) is 2.68. The molecular formula is C11H12ClFN4O2. The van der Waals surface area contributed by atoms with Gasteiger partial charge in [-0.15, -0.1) is 0 Å². The average molecular weight is 287 g/mol. The van der Waals surface area contributed by atoms with Crippen LogP contribution in [0.1, 0.15) is 35.4 Å². The largest absolute Gasteiger partial charge is 0.475 e. The number of H-pyrrole nitrogens is 1. The van der Waals surface area contributed by atoms with Gasteiger partial charge in [-0.05, 0) is 6.42 Å². The lowest BCUT2D eigenvalue weighted by atomic mass is 9.98. The monoisotopic (exact) mass is 286 g/mol. The van der Waals surface area contributed by atoms with Gasteiger partial charge < -0.3 is 15.8 Å². The van der Waals surface area contributed by atoms with E-state index in [1.165, 1.54) is 0 Å². The molecule has 2 rings (SSSR count). The van der Waals surface area contributed by atoms with Gasteiger partial charge in [0.15, 0.2) is 0 Å². The Balaban J connectivity index is 2.73. The Morgan fingerprint density at radius 2 is 2.26 bits per heavy atom. The Morgan fingerprint density at radius 3 is 2.79 bits per heavy atom. The maximum Gasteiger partial charge on any atom is 0.374 e. The van der Waals surface area contributed by atoms with Crippen LogP contribution in [0, 0.1) is 0 Å². The van der Waals surface area contributed by atoms with Crippen molar-refractivity contribution in [2.75, 3.05) is 12.4 Å². The summed E-state index contributed by atoms with van der Waals surface area (Å²) in [6, 6.07) is 0. The fraction of sp³-hybridized carbons (Fsp3) is 0.364. The number of aromatic amines is 1. The molecule has 2 aromatic heterocycles. The summed E-state index contributed by atoms with van der Waals surface area (Å²) in [4.78, 5) is 21.1. The zero-order valence-corrected chi connectivity index (χ0v) is 10.8. The second-order valence-corrected chi connectivity index (χ2v) is 4.45. The first-order valence-corrected chi connectivity index (χ1v) is 6.01. The molecule has 0 saturated heterocycles. The maximum atomic E-state index is 13.0. The molecule has 0 bridgehead atoms. The number of carboxylic acids is 1. The van der Waals surface area contributed by atoms with E-state index in [4.69, 9.17) is 22.4 Å². The SMILES string of the molecule is CCC(CF)c1c(Cl)[nH]c2nc(C(=O)O)nc(N)c12. The predicted octanol–water partition coefficient (Wildman–Crippen LogP) is 2.35. The van der Waals surface area contributed by atoms with Crippen molar-refractivity contribution in [3.05, 3.63) is 16.5 Å². The van der Waals surface area contributed by atoms with E-state index in [-0.39, 0.29) is 16.6 Å². The van der Waals surface area contributed by atoms with Gasteiger partial charge in [0.25, 0.3) is 0 Å². The van der Waals surface area contributed by atoms with E-state index in [0.29, 0.717) is 17.4 Å². The first-order chi connectivity index (χ1) is 8.99. The third-order valence-electron chi connectivity index (χ3n) is 2.95. The summed E-state index contributed by atoms with van der Waals surface area (Å²) in [5.41, 5.74) is 6.44. The van der Waals surface area contributed by atoms with Gasteiger partial charge in [0, 0.05) is 11.5 Å². The molecule has 2 heterocycles. The summed E-state index contributed by atoms with van der Waals surface area (Å²) >= 11 is 6.03. The number of rotatable bonds is 4. The fourth-order valence-electron chi connectivity index (χ4n) is 1.98. The van der Waals surface area contributed by atoms with E-state index in [2.05, 4.69) is 15.0 Å². The second-order valence-electron chi connectivity index (χ2n) is 4.07. The number of nitrogen functional groups attached to an aromatic ring is 1. The molecule has 0 aliphatic carbocycles. The molecule has 1 unspecified atom stereocenters. The van der Waals surface area contributed by atoms with Crippen molar-refractivity contribution in [1.29, 1.82) is 0 Å². The second kappa shape index (κ2) is 5.00. The lowest BCUT2D eigenvalue weighted by Crippen LogP contribution is -2.08. The number of nitrogens with one attached hydrogen (secondary N) is 1. The molecule has 0 spiro atoms. The van der Waals surface area contributed by atoms with Crippen molar-refractivity contribution in [3.8, 4) is 0 Å². The first-order valence-electron chi connectivity index (χ1n) is 5.63. The smallest absolute Gasteiger partial charge is 0.374 e. The number of hydrogen-bond acceptors (Lipinski definition) is 4. The third kappa shape index (κ3) is 2.21. The van der Waals surface area contributed by atoms with Gasteiger partial charge in [0.1, 0.15) is 16.6 Å². The van der Waals surface area contributed by atoms with Gasteiger partial charge in [-0.25, -0.2) is 14.8 Å². The van der Waals surface area contributed by atoms with Crippen molar-refractivity contribution in [2.24, 2.45) is 0 Å². The molecule has 0 amide bonds. The quantitative estimate of drug-likeness (QED) is 0.800. The number of carbonyl (C=O) groups is 1. The van der Waals surface area contributed by atoms with Crippen LogP contribution in [-0.4, -0.2) is 32.7 Å². The van der Waals surface area contributed by atoms with E-state index in [0.717, 1.165) is 0 Å². The van der Waals surface area contributed by atoms with E-state index in [1.807, 2.05) is 6.92 Å². The number of aromatic carboxylic acids is 1. The third-order valence-corrected chi connectivity index (χ3v) is 3.25. The Bertz CT molecular complexity index is 639. The van der Waals surface area contributed by atoms with Crippen LogP contribution in [0.5, 0.6) is 0 Å². The van der Waals surface area contributed by atoms with E-state index >= 15 is 0 Å². The number of alkyl halides is 1. The van der Waals surface area contributed by atoms with Crippen LogP contribution in [0.2, 0.25) is 5.15 Å². The van der Waals surface area contributed by atoms with Gasteiger partial charge in [0.05, 0.1) is 12.1 Å². The summed E-state index contributed by atoms with van der Waals surface area (Å²) in [6.07, 6.45) is 0.531. The Kier molecular flexibility index (Phi) is 3.57. The van der Waals surface area contributed by atoms with E-state index in [9.17, 15) is 9.18 Å². The number of aromatic nitrogens is 3. The Hall–Kier alpha value is -1.89. The van der Waals surface area contributed by atoms with E-state index < -0.39 is 24.4 Å². The van der Waals surface area contributed by atoms with Crippen molar-refractivity contribution >= 4 is 34.4 Å². The Morgan fingerprint density at radius 1 is 1.58 bits per heavy atom. The topological polar surface area (TPSA) is 105 Å². The molecule has 1 atom stereocenters. The molecular weight excluding hydrogens is 275 g/mol. The molecule has 0 aromatic carbocycles. The van der Waals surface area contributed by atoms with Crippen LogP contribution in [0.3, 0.4) is 0 Å². The molecule has 0 radical (unpaired) electrons. The zero-order chi connectivity index (χ0) is 14.2. The highest BCUT2D eigenvalue weighted by Crippen LogP contribution is 2.36. The highest BCUT2D eigenvalue weighted by molar-refractivity contribution is 6.32. The molecule has 6 nitrogen and oxygen atoms in total. The van der Waals surface area contributed by atoms with Crippen LogP contribution in [0.15, 0.2) is 0 Å². The number of fused-ring (bicyclic) bond motifs is 1. The number of hydrogen-bond donors (Lipinski definition) is 3.